The molecular formula is C16H23NO3S. The number of unbranched alkanes of at least 4 members (excludes halogenated alkanes) is 1. The van der Waals surface area contributed by atoms with Gasteiger partial charge in [-0.05, 0) is 37.0 Å². The predicted molar refractivity (Wildman–Crippen MR) is 86.6 cm³/mol. The van der Waals surface area contributed by atoms with Crippen LogP contribution in [0.5, 0.6) is 0 Å². The maximum Gasteiger partial charge on any atom is 0.328 e. The summed E-state index contributed by atoms with van der Waals surface area (Å²) >= 11 is 1.64. The third-order valence-corrected chi connectivity index (χ3v) is 3.62. The normalized spacial score (nSPS) is 11.7. The third-order valence-electron chi connectivity index (χ3n) is 2.98. The van der Waals surface area contributed by atoms with Crippen LogP contribution in [0.15, 0.2) is 30.3 Å². The van der Waals surface area contributed by atoms with Crippen molar-refractivity contribution in [2.24, 2.45) is 0 Å². The van der Waals surface area contributed by atoms with E-state index < -0.39 is 6.04 Å². The summed E-state index contributed by atoms with van der Waals surface area (Å²) in [6, 6.07) is 8.31. The molecule has 0 bridgehead atoms. The van der Waals surface area contributed by atoms with Crippen LogP contribution in [0.2, 0.25) is 0 Å². The van der Waals surface area contributed by atoms with E-state index in [9.17, 15) is 9.59 Å². The monoisotopic (exact) mass is 309 g/mol. The summed E-state index contributed by atoms with van der Waals surface area (Å²) in [6.07, 6.45) is 4.36. The van der Waals surface area contributed by atoms with E-state index in [1.807, 2.05) is 19.2 Å². The fraction of sp³-hybridized carbons (Fsp3) is 0.500. The Labute approximate surface area is 130 Å². The minimum absolute atomic E-state index is 0.242. The lowest BCUT2D eigenvalue weighted by molar-refractivity contribution is -0.146. The molecule has 1 aromatic rings. The molecule has 1 amide bonds. The molecule has 21 heavy (non-hydrogen) atoms. The van der Waals surface area contributed by atoms with Crippen molar-refractivity contribution < 1.29 is 14.3 Å². The number of hydrogen-bond acceptors (Lipinski definition) is 4. The number of carbonyl (C=O) groups is 2. The molecule has 0 aliphatic heterocycles. The molecular weight excluding hydrogens is 286 g/mol. The van der Waals surface area contributed by atoms with Gasteiger partial charge in [0.15, 0.2) is 0 Å². The van der Waals surface area contributed by atoms with Crippen LogP contribution in [-0.4, -0.2) is 36.5 Å². The van der Waals surface area contributed by atoms with Gasteiger partial charge in [-0.3, -0.25) is 4.79 Å². The van der Waals surface area contributed by atoms with Gasteiger partial charge in [0.25, 0.3) is 5.91 Å². The molecule has 0 spiro atoms. The first-order valence-electron chi connectivity index (χ1n) is 7.20. The van der Waals surface area contributed by atoms with Crippen molar-refractivity contribution in [3.8, 4) is 0 Å². The largest absolute Gasteiger partial charge is 0.464 e. The third kappa shape index (κ3) is 6.67. The first-order valence-corrected chi connectivity index (χ1v) is 8.60. The SMILES string of the molecule is CCCCOC(=O)C(CCSC)NC(=O)c1ccccc1. The number of rotatable bonds is 9. The lowest BCUT2D eigenvalue weighted by Gasteiger charge is -2.17. The first kappa shape index (κ1) is 17.6. The quantitative estimate of drug-likeness (QED) is 0.563. The summed E-state index contributed by atoms with van der Waals surface area (Å²) < 4.78 is 5.22. The molecule has 0 heterocycles. The van der Waals surface area contributed by atoms with E-state index in [1.54, 1.807) is 36.0 Å². The van der Waals surface area contributed by atoms with Gasteiger partial charge in [-0.25, -0.2) is 4.79 Å². The van der Waals surface area contributed by atoms with Crippen molar-refractivity contribution in [3.05, 3.63) is 35.9 Å². The molecule has 1 rings (SSSR count). The van der Waals surface area contributed by atoms with Gasteiger partial charge in [0.1, 0.15) is 6.04 Å². The highest BCUT2D eigenvalue weighted by Gasteiger charge is 2.22. The Bertz CT molecular complexity index is 436. The van der Waals surface area contributed by atoms with Crippen molar-refractivity contribution in [1.29, 1.82) is 0 Å². The Balaban J connectivity index is 2.60. The second kappa shape index (κ2) is 10.3. The summed E-state index contributed by atoms with van der Waals surface area (Å²) in [5.41, 5.74) is 0.549. The average Bonchev–Trinajstić information content (AvgIpc) is 2.52. The van der Waals surface area contributed by atoms with Gasteiger partial charge in [0, 0.05) is 5.56 Å². The van der Waals surface area contributed by atoms with Crippen LogP contribution < -0.4 is 5.32 Å². The van der Waals surface area contributed by atoms with Crippen molar-refractivity contribution in [3.63, 3.8) is 0 Å². The smallest absolute Gasteiger partial charge is 0.328 e. The van der Waals surface area contributed by atoms with Crippen LogP contribution in [0.25, 0.3) is 0 Å². The molecule has 0 saturated carbocycles. The maximum absolute atomic E-state index is 12.1. The molecule has 0 fully saturated rings. The zero-order valence-electron chi connectivity index (χ0n) is 12.6. The Hall–Kier alpha value is -1.49. The van der Waals surface area contributed by atoms with E-state index in [1.165, 1.54) is 0 Å². The highest BCUT2D eigenvalue weighted by molar-refractivity contribution is 7.98. The van der Waals surface area contributed by atoms with Gasteiger partial charge in [0.2, 0.25) is 0 Å². The number of amides is 1. The van der Waals surface area contributed by atoms with Crippen molar-refractivity contribution >= 4 is 23.6 Å². The minimum Gasteiger partial charge on any atom is -0.464 e. The molecule has 4 nitrogen and oxygen atoms in total. The van der Waals surface area contributed by atoms with Crippen LogP contribution in [0, 0.1) is 0 Å². The van der Waals surface area contributed by atoms with E-state index in [2.05, 4.69) is 5.32 Å². The Morgan fingerprint density at radius 2 is 2.00 bits per heavy atom. The highest BCUT2D eigenvalue weighted by atomic mass is 32.2. The molecule has 1 N–H and O–H groups in total. The van der Waals surface area contributed by atoms with Gasteiger partial charge < -0.3 is 10.1 Å². The zero-order valence-corrected chi connectivity index (χ0v) is 13.4. The molecule has 1 unspecified atom stereocenters. The van der Waals surface area contributed by atoms with Gasteiger partial charge in [-0.1, -0.05) is 31.5 Å². The predicted octanol–water partition coefficient (Wildman–Crippen LogP) is 2.88. The molecule has 1 atom stereocenters. The van der Waals surface area contributed by atoms with Gasteiger partial charge in [-0.2, -0.15) is 11.8 Å². The molecule has 0 radical (unpaired) electrons. The molecule has 5 heteroatoms. The number of benzene rings is 1. The van der Waals surface area contributed by atoms with Crippen LogP contribution in [0.4, 0.5) is 0 Å². The molecule has 0 aliphatic rings. The second-order valence-corrected chi connectivity index (χ2v) is 5.68. The summed E-state index contributed by atoms with van der Waals surface area (Å²) in [6.45, 7) is 2.45. The first-order chi connectivity index (χ1) is 10.2. The van der Waals surface area contributed by atoms with E-state index in [4.69, 9.17) is 4.74 Å². The number of nitrogens with one attached hydrogen (secondary N) is 1. The Morgan fingerprint density at radius 1 is 1.29 bits per heavy atom. The van der Waals surface area contributed by atoms with Crippen LogP contribution in [0.3, 0.4) is 0 Å². The Morgan fingerprint density at radius 3 is 2.62 bits per heavy atom. The number of thioether (sulfide) groups is 1. The fourth-order valence-electron chi connectivity index (χ4n) is 1.73. The van der Waals surface area contributed by atoms with Crippen LogP contribution in [-0.2, 0) is 9.53 Å². The van der Waals surface area contributed by atoms with Crippen LogP contribution in [0.1, 0.15) is 36.5 Å². The summed E-state index contributed by atoms with van der Waals surface area (Å²) in [4.78, 5) is 24.2. The van der Waals surface area contributed by atoms with E-state index in [0.717, 1.165) is 18.6 Å². The number of carbonyl (C=O) groups excluding carboxylic acids is 2. The number of hydrogen-bond donors (Lipinski definition) is 1. The standard InChI is InChI=1S/C16H23NO3S/c1-3-4-11-20-16(19)14(10-12-21-2)17-15(18)13-8-6-5-7-9-13/h5-9,14H,3-4,10-12H2,1-2H3,(H,17,18). The molecule has 0 aromatic heterocycles. The molecule has 116 valence electrons. The maximum atomic E-state index is 12.1. The molecule has 0 saturated heterocycles. The van der Waals surface area contributed by atoms with E-state index in [0.29, 0.717) is 18.6 Å². The topological polar surface area (TPSA) is 55.4 Å². The van der Waals surface area contributed by atoms with Crippen molar-refractivity contribution in [2.75, 3.05) is 18.6 Å². The van der Waals surface area contributed by atoms with Crippen molar-refractivity contribution in [1.82, 2.24) is 5.32 Å². The van der Waals surface area contributed by atoms with Gasteiger partial charge in [-0.15, -0.1) is 0 Å². The van der Waals surface area contributed by atoms with Gasteiger partial charge >= 0.3 is 5.97 Å². The second-order valence-electron chi connectivity index (χ2n) is 4.69. The van der Waals surface area contributed by atoms with Gasteiger partial charge in [0.05, 0.1) is 6.61 Å². The minimum atomic E-state index is -0.581. The Kier molecular flexibility index (Phi) is 8.59. The van der Waals surface area contributed by atoms with Crippen molar-refractivity contribution in [2.45, 2.75) is 32.2 Å². The molecule has 1 aromatic carbocycles. The average molecular weight is 309 g/mol. The van der Waals surface area contributed by atoms with E-state index in [-0.39, 0.29) is 11.9 Å². The summed E-state index contributed by atoms with van der Waals surface area (Å²) in [5, 5.41) is 2.77. The lowest BCUT2D eigenvalue weighted by Crippen LogP contribution is -2.42. The van der Waals surface area contributed by atoms with Crippen LogP contribution >= 0.6 is 11.8 Å². The summed E-state index contributed by atoms with van der Waals surface area (Å²) in [5.74, 6) is 0.207. The zero-order chi connectivity index (χ0) is 15.5. The lowest BCUT2D eigenvalue weighted by atomic mass is 10.1. The van der Waals surface area contributed by atoms with E-state index >= 15 is 0 Å². The highest BCUT2D eigenvalue weighted by Crippen LogP contribution is 2.06. The molecule has 0 aliphatic carbocycles. The number of ether oxygens (including phenoxy) is 1. The summed E-state index contributed by atoms with van der Waals surface area (Å²) in [7, 11) is 0. The number of esters is 1. The fourth-order valence-corrected chi connectivity index (χ4v) is 2.20.